The van der Waals surface area contributed by atoms with Crippen molar-refractivity contribution in [1.29, 1.82) is 0 Å². The van der Waals surface area contributed by atoms with E-state index < -0.39 is 6.43 Å². The minimum Gasteiger partial charge on any atom is -0.455 e. The second-order valence-corrected chi connectivity index (χ2v) is 9.49. The van der Waals surface area contributed by atoms with Crippen LogP contribution in [-0.4, -0.2) is 42.5 Å². The molecule has 5 rings (SSSR count). The van der Waals surface area contributed by atoms with Crippen molar-refractivity contribution < 1.29 is 18.0 Å². The Bertz CT molecular complexity index is 1130. The molecular weight excluding hydrogens is 404 g/mol. The van der Waals surface area contributed by atoms with E-state index in [9.17, 15) is 13.6 Å². The molecule has 7 nitrogen and oxygen atoms in total. The predicted molar refractivity (Wildman–Crippen MR) is 108 cm³/mol. The molecule has 2 saturated heterocycles. The number of halogens is 2. The van der Waals surface area contributed by atoms with E-state index in [1.807, 2.05) is 31.7 Å². The zero-order valence-electron chi connectivity index (χ0n) is 17.8. The Morgan fingerprint density at radius 2 is 1.97 bits per heavy atom. The van der Waals surface area contributed by atoms with Crippen molar-refractivity contribution in [2.45, 2.75) is 76.3 Å². The quantitative estimate of drug-likeness (QED) is 0.613. The van der Waals surface area contributed by atoms with Crippen LogP contribution in [0.15, 0.2) is 28.9 Å². The summed E-state index contributed by atoms with van der Waals surface area (Å²) in [5.41, 5.74) is 0.133. The first-order chi connectivity index (χ1) is 14.7. The minimum absolute atomic E-state index is 0.102. The van der Waals surface area contributed by atoms with Gasteiger partial charge in [0.05, 0.1) is 5.69 Å². The highest BCUT2D eigenvalue weighted by atomic mass is 19.3. The Kier molecular flexibility index (Phi) is 4.60. The normalized spacial score (nSPS) is 23.8. The first-order valence-corrected chi connectivity index (χ1v) is 10.7. The fourth-order valence-corrected chi connectivity index (χ4v) is 5.03. The number of carbonyl (C=O) groups is 1. The molecule has 3 aromatic rings. The van der Waals surface area contributed by atoms with Gasteiger partial charge in [-0.25, -0.2) is 18.3 Å². The number of aromatic nitrogens is 4. The Hall–Kier alpha value is -2.84. The molecule has 1 amide bonds. The van der Waals surface area contributed by atoms with Gasteiger partial charge in [-0.05, 0) is 43.9 Å². The molecule has 9 heteroatoms. The van der Waals surface area contributed by atoms with Gasteiger partial charge in [-0.1, -0.05) is 20.8 Å². The minimum atomic E-state index is -2.70. The van der Waals surface area contributed by atoms with Crippen molar-refractivity contribution in [3.63, 3.8) is 0 Å². The number of hydrogen-bond donors (Lipinski definition) is 0. The van der Waals surface area contributed by atoms with E-state index in [-0.39, 0.29) is 40.8 Å². The molecule has 0 radical (unpaired) electrons. The third-order valence-corrected chi connectivity index (χ3v) is 6.51. The number of carbonyl (C=O) groups excluding carboxylic acids is 1. The maximum absolute atomic E-state index is 13.5. The Labute approximate surface area is 178 Å². The second-order valence-electron chi connectivity index (χ2n) is 9.49. The monoisotopic (exact) mass is 429 g/mol. The highest BCUT2D eigenvalue weighted by molar-refractivity contribution is 5.92. The highest BCUT2D eigenvalue weighted by Gasteiger charge is 2.47. The van der Waals surface area contributed by atoms with Gasteiger partial charge in [0.15, 0.2) is 5.76 Å². The number of alkyl halides is 2. The van der Waals surface area contributed by atoms with Gasteiger partial charge >= 0.3 is 0 Å². The van der Waals surface area contributed by atoms with E-state index in [0.29, 0.717) is 11.5 Å². The molecule has 3 aromatic heterocycles. The van der Waals surface area contributed by atoms with E-state index in [1.54, 1.807) is 6.07 Å². The van der Waals surface area contributed by atoms with Crippen LogP contribution < -0.4 is 0 Å². The molecule has 2 aliphatic heterocycles. The smallest absolute Gasteiger partial charge is 0.290 e. The molecule has 0 N–H and O–H groups in total. The van der Waals surface area contributed by atoms with Crippen LogP contribution in [0.2, 0.25) is 0 Å². The molecule has 5 heterocycles. The van der Waals surface area contributed by atoms with Gasteiger partial charge in [0.2, 0.25) is 0 Å². The largest absolute Gasteiger partial charge is 0.455 e. The van der Waals surface area contributed by atoms with Gasteiger partial charge in [0.1, 0.15) is 17.8 Å². The second kappa shape index (κ2) is 7.10. The molecule has 2 bridgehead atoms. The maximum atomic E-state index is 13.5. The van der Waals surface area contributed by atoms with E-state index in [0.717, 1.165) is 31.4 Å². The average molecular weight is 429 g/mol. The van der Waals surface area contributed by atoms with Crippen LogP contribution in [0.5, 0.6) is 0 Å². The zero-order valence-corrected chi connectivity index (χ0v) is 17.8. The topological polar surface area (TPSA) is 76.5 Å². The van der Waals surface area contributed by atoms with Crippen LogP contribution >= 0.6 is 0 Å². The maximum Gasteiger partial charge on any atom is 0.290 e. The predicted octanol–water partition coefficient (Wildman–Crippen LogP) is 4.50. The number of amides is 1. The SMILES string of the molecule is CC(C)(C)c1ccc(C(=O)N2[C@H]3CC[C@H](c4cc(C(F)F)nc5ncnn45)[C@@H]2CC3)o1. The van der Waals surface area contributed by atoms with Gasteiger partial charge in [-0.2, -0.15) is 10.1 Å². The van der Waals surface area contributed by atoms with Crippen LogP contribution in [0.4, 0.5) is 8.78 Å². The summed E-state index contributed by atoms with van der Waals surface area (Å²) in [6, 6.07) is 5.05. The summed E-state index contributed by atoms with van der Waals surface area (Å²) in [5.74, 6) is 0.995. The van der Waals surface area contributed by atoms with Gasteiger partial charge in [-0.15, -0.1) is 0 Å². The molecule has 3 atom stereocenters. The molecule has 0 unspecified atom stereocenters. The summed E-state index contributed by atoms with van der Waals surface area (Å²) >= 11 is 0. The molecule has 0 spiro atoms. The average Bonchev–Trinajstić information content (AvgIpc) is 3.44. The summed E-state index contributed by atoms with van der Waals surface area (Å²) in [7, 11) is 0. The Morgan fingerprint density at radius 3 is 2.68 bits per heavy atom. The summed E-state index contributed by atoms with van der Waals surface area (Å²) in [6.45, 7) is 6.11. The van der Waals surface area contributed by atoms with Crippen molar-refractivity contribution in [2.75, 3.05) is 0 Å². The van der Waals surface area contributed by atoms with Gasteiger partial charge in [-0.3, -0.25) is 4.79 Å². The molecule has 0 saturated carbocycles. The highest BCUT2D eigenvalue weighted by Crippen LogP contribution is 2.45. The number of rotatable bonds is 3. The van der Waals surface area contributed by atoms with Crippen molar-refractivity contribution in [1.82, 2.24) is 24.5 Å². The lowest BCUT2D eigenvalue weighted by atomic mass is 9.86. The van der Waals surface area contributed by atoms with Crippen LogP contribution in [0.1, 0.15) is 86.5 Å². The number of piperidine rings is 1. The summed E-state index contributed by atoms with van der Waals surface area (Å²) < 4.78 is 34.4. The molecule has 31 heavy (non-hydrogen) atoms. The van der Waals surface area contributed by atoms with E-state index in [4.69, 9.17) is 4.42 Å². The van der Waals surface area contributed by atoms with Crippen LogP contribution in [-0.2, 0) is 5.41 Å². The Balaban J connectivity index is 1.51. The van der Waals surface area contributed by atoms with Gasteiger partial charge in [0, 0.05) is 23.4 Å². The third-order valence-electron chi connectivity index (χ3n) is 6.51. The molecule has 0 aromatic carbocycles. The summed E-state index contributed by atoms with van der Waals surface area (Å²) in [6.07, 6.45) is 1.94. The lowest BCUT2D eigenvalue weighted by Crippen LogP contribution is -2.47. The summed E-state index contributed by atoms with van der Waals surface area (Å²) in [4.78, 5) is 23.3. The lowest BCUT2D eigenvalue weighted by Gasteiger charge is -2.39. The Morgan fingerprint density at radius 1 is 1.19 bits per heavy atom. The van der Waals surface area contributed by atoms with Crippen LogP contribution in [0.3, 0.4) is 0 Å². The first-order valence-electron chi connectivity index (χ1n) is 10.7. The number of hydrogen-bond acceptors (Lipinski definition) is 5. The zero-order chi connectivity index (χ0) is 21.9. The lowest BCUT2D eigenvalue weighted by molar-refractivity contribution is 0.0518. The fraction of sp³-hybridized carbons (Fsp3) is 0.545. The summed E-state index contributed by atoms with van der Waals surface area (Å²) in [5, 5.41) is 4.21. The molecule has 164 valence electrons. The van der Waals surface area contributed by atoms with Crippen molar-refractivity contribution >= 4 is 11.7 Å². The van der Waals surface area contributed by atoms with E-state index >= 15 is 0 Å². The van der Waals surface area contributed by atoms with Gasteiger partial charge in [0.25, 0.3) is 18.1 Å². The molecular formula is C22H25F2N5O2. The van der Waals surface area contributed by atoms with Crippen molar-refractivity contribution in [3.05, 3.63) is 47.4 Å². The van der Waals surface area contributed by atoms with Crippen LogP contribution in [0.25, 0.3) is 5.78 Å². The van der Waals surface area contributed by atoms with Crippen molar-refractivity contribution in [3.8, 4) is 0 Å². The fourth-order valence-electron chi connectivity index (χ4n) is 5.03. The van der Waals surface area contributed by atoms with E-state index in [1.165, 1.54) is 16.9 Å². The van der Waals surface area contributed by atoms with Crippen molar-refractivity contribution in [2.24, 2.45) is 0 Å². The van der Waals surface area contributed by atoms with Crippen LogP contribution in [0, 0.1) is 0 Å². The number of fused-ring (bicyclic) bond motifs is 3. The standard InChI is InChI=1S/C22H25F2N5O2/c1-22(2,3)18-9-8-17(31-18)20(30)28-12-4-6-13(15(28)7-5-12)16-10-14(19(23)24)27-21-25-11-26-29(16)21/h8-13,15,19H,4-7H2,1-3H3/t12-,13-,15-/m0/s1. The number of nitrogens with zero attached hydrogens (tertiary/aromatic N) is 5. The molecule has 2 aliphatic rings. The van der Waals surface area contributed by atoms with E-state index in [2.05, 4.69) is 15.1 Å². The third kappa shape index (κ3) is 3.30. The molecule has 0 aliphatic carbocycles. The molecule has 2 fully saturated rings. The first kappa shape index (κ1) is 20.1. The van der Waals surface area contributed by atoms with Gasteiger partial charge < -0.3 is 9.32 Å². The number of furan rings is 1.